The molecule has 0 atom stereocenters. The van der Waals surface area contributed by atoms with Gasteiger partial charge in [0.25, 0.3) is 20.2 Å². The second kappa shape index (κ2) is 16.3. The lowest BCUT2D eigenvalue weighted by Gasteiger charge is -2.13. The van der Waals surface area contributed by atoms with Gasteiger partial charge < -0.3 is 16.4 Å². The van der Waals surface area contributed by atoms with Crippen molar-refractivity contribution in [1.29, 1.82) is 0 Å². The molecule has 4 aromatic rings. The summed E-state index contributed by atoms with van der Waals surface area (Å²) >= 11 is 1.37. The zero-order valence-corrected chi connectivity index (χ0v) is 26.5. The largest absolute Gasteiger partial charge is 0.425 e. The fourth-order valence-corrected chi connectivity index (χ4v) is 6.11. The molecule has 0 fully saturated rings. The van der Waals surface area contributed by atoms with Gasteiger partial charge in [-0.25, -0.2) is 0 Å². The second-order valence-corrected chi connectivity index (χ2v) is 13.6. The standard InChI is InChI=1S/C26H28N6O6S3.O3S/c27-21-16-20(11-12-22(21)39-13-6-14-40(33,34)35)29-26-31-24(15-19-9-4-5-10-23(19)41(36,37)38)30-25(32-26)28-17-18-7-2-1-3-8-18;1-4(2)3/h1-5,7-12,16H,6,13-15,17,27H2,(H,33,34,35)(H,36,37,38)(H2,28,29,30,31,32);. The smallest absolute Gasteiger partial charge is 0.398 e. The van der Waals surface area contributed by atoms with Gasteiger partial charge in [0, 0.05) is 29.2 Å². The van der Waals surface area contributed by atoms with Crippen LogP contribution in [0.2, 0.25) is 0 Å². The number of nitrogen functional groups attached to an aromatic ring is 1. The number of thioether (sulfide) groups is 1. The Bertz CT molecular complexity index is 1940. The number of nitrogens with zero attached hydrogens (tertiary/aromatic N) is 3. The van der Waals surface area contributed by atoms with Crippen molar-refractivity contribution in [3.8, 4) is 0 Å². The monoisotopic (exact) mass is 696 g/mol. The number of rotatable bonds is 13. The molecule has 0 unspecified atom stereocenters. The molecule has 0 saturated carbocycles. The van der Waals surface area contributed by atoms with E-state index in [9.17, 15) is 21.4 Å². The Morgan fingerprint density at radius 3 is 2.13 bits per heavy atom. The summed E-state index contributed by atoms with van der Waals surface area (Å²) in [6.07, 6.45) is 0.282. The number of hydrogen-bond acceptors (Lipinski definition) is 14. The summed E-state index contributed by atoms with van der Waals surface area (Å²) in [7, 11) is -11.6. The molecule has 0 radical (unpaired) electrons. The number of hydrogen-bond donors (Lipinski definition) is 5. The highest BCUT2D eigenvalue weighted by Crippen LogP contribution is 2.29. The van der Waals surface area contributed by atoms with Crippen LogP contribution in [0.5, 0.6) is 0 Å². The van der Waals surface area contributed by atoms with Crippen LogP contribution in [0.3, 0.4) is 0 Å². The maximum atomic E-state index is 11.9. The van der Waals surface area contributed by atoms with Gasteiger partial charge in [0.15, 0.2) is 0 Å². The van der Waals surface area contributed by atoms with Crippen LogP contribution in [0.1, 0.15) is 23.4 Å². The summed E-state index contributed by atoms with van der Waals surface area (Å²) in [4.78, 5) is 13.9. The zero-order valence-electron chi connectivity index (χ0n) is 23.3. The van der Waals surface area contributed by atoms with E-state index in [2.05, 4.69) is 25.6 Å². The summed E-state index contributed by atoms with van der Waals surface area (Å²) in [6, 6.07) is 20.9. The fourth-order valence-electron chi connectivity index (χ4n) is 3.79. The lowest BCUT2D eigenvalue weighted by Crippen LogP contribution is -2.11. The summed E-state index contributed by atoms with van der Waals surface area (Å²) in [5.74, 6) is 0.826. The Morgan fingerprint density at radius 2 is 1.49 bits per heavy atom. The molecule has 1 aromatic heterocycles. The highest BCUT2D eigenvalue weighted by molar-refractivity contribution is 7.99. The number of nitrogens with two attached hydrogens (primary N) is 1. The summed E-state index contributed by atoms with van der Waals surface area (Å²) in [6.45, 7) is 0.432. The predicted molar refractivity (Wildman–Crippen MR) is 168 cm³/mol. The number of aromatic nitrogens is 3. The molecular weight excluding hydrogens is 669 g/mol. The Balaban J connectivity index is 0.00000130. The highest BCUT2D eigenvalue weighted by Gasteiger charge is 2.17. The topological polar surface area (TPSA) is 249 Å². The molecule has 1 heterocycles. The Hall–Kier alpha value is -4.14. The minimum atomic E-state index is -4.45. The molecule has 19 heteroatoms. The lowest BCUT2D eigenvalue weighted by atomic mass is 10.1. The first-order valence-corrected chi connectivity index (χ1v) is 17.8. The normalized spacial score (nSPS) is 11.2. The van der Waals surface area contributed by atoms with Gasteiger partial charge >= 0.3 is 10.6 Å². The van der Waals surface area contributed by atoms with Gasteiger partial charge in [-0.05, 0) is 47.6 Å². The van der Waals surface area contributed by atoms with Crippen molar-refractivity contribution in [3.05, 3.63) is 89.7 Å². The van der Waals surface area contributed by atoms with Crippen LogP contribution in [0, 0.1) is 0 Å². The van der Waals surface area contributed by atoms with E-state index in [1.165, 1.54) is 23.9 Å². The van der Waals surface area contributed by atoms with E-state index in [4.69, 9.17) is 22.9 Å². The molecule has 0 amide bonds. The summed E-state index contributed by atoms with van der Waals surface area (Å²) in [5, 5.41) is 6.26. The molecular formula is C26H28N6O9S4. The van der Waals surface area contributed by atoms with Crippen LogP contribution in [0.25, 0.3) is 0 Å². The molecule has 0 bridgehead atoms. The van der Waals surface area contributed by atoms with E-state index in [0.717, 1.165) is 10.5 Å². The minimum Gasteiger partial charge on any atom is -0.398 e. The van der Waals surface area contributed by atoms with Gasteiger partial charge in [-0.1, -0.05) is 48.5 Å². The van der Waals surface area contributed by atoms with Gasteiger partial charge in [-0.15, -0.1) is 24.4 Å². The van der Waals surface area contributed by atoms with Crippen molar-refractivity contribution in [2.45, 2.75) is 29.2 Å². The second-order valence-electron chi connectivity index (χ2n) is 9.07. The molecule has 4 rings (SSSR count). The quantitative estimate of drug-likeness (QED) is 0.0583. The van der Waals surface area contributed by atoms with Gasteiger partial charge in [0.1, 0.15) is 5.82 Å². The molecule has 3 aromatic carbocycles. The number of anilines is 4. The fraction of sp³-hybridized carbons (Fsp3) is 0.192. The maximum absolute atomic E-state index is 11.9. The average Bonchev–Trinajstić information content (AvgIpc) is 2.94. The predicted octanol–water partition coefficient (Wildman–Crippen LogP) is 3.01. The molecule has 15 nitrogen and oxygen atoms in total. The van der Waals surface area contributed by atoms with Gasteiger partial charge in [0.2, 0.25) is 11.9 Å². The van der Waals surface area contributed by atoms with E-state index < -0.39 is 30.8 Å². The van der Waals surface area contributed by atoms with E-state index in [-0.39, 0.29) is 41.2 Å². The molecule has 0 aliphatic heterocycles. The Morgan fingerprint density at radius 1 is 0.844 bits per heavy atom. The minimum absolute atomic E-state index is 0.00839. The zero-order chi connectivity index (χ0) is 33.0. The van der Waals surface area contributed by atoms with E-state index in [1.54, 1.807) is 30.3 Å². The van der Waals surface area contributed by atoms with Gasteiger partial charge in [0.05, 0.1) is 10.6 Å². The van der Waals surface area contributed by atoms with Crippen LogP contribution in [-0.2, 0) is 43.8 Å². The third-order valence-corrected chi connectivity index (χ3v) is 8.58. The molecule has 0 aliphatic rings. The van der Waals surface area contributed by atoms with Crippen molar-refractivity contribution in [1.82, 2.24) is 15.0 Å². The van der Waals surface area contributed by atoms with E-state index in [0.29, 0.717) is 29.2 Å². The molecule has 6 N–H and O–H groups in total. The van der Waals surface area contributed by atoms with Crippen LogP contribution in [0.4, 0.5) is 23.3 Å². The lowest BCUT2D eigenvalue weighted by molar-refractivity contribution is 0.480. The third-order valence-electron chi connectivity index (χ3n) is 5.64. The molecule has 0 spiro atoms. The van der Waals surface area contributed by atoms with Crippen molar-refractivity contribution < 1.29 is 38.6 Å². The number of benzene rings is 3. The van der Waals surface area contributed by atoms with Crippen molar-refractivity contribution >= 4 is 65.9 Å². The van der Waals surface area contributed by atoms with Crippen LogP contribution >= 0.6 is 11.8 Å². The molecule has 0 saturated heterocycles. The van der Waals surface area contributed by atoms with Crippen molar-refractivity contribution in [2.24, 2.45) is 0 Å². The SMILES string of the molecule is Nc1cc(Nc2nc(Cc3ccccc3S(=O)(=O)O)nc(NCc3ccccc3)n2)ccc1SCCCS(=O)(=O)O.O=S(=O)=O. The van der Waals surface area contributed by atoms with Gasteiger partial charge in [-0.3, -0.25) is 9.11 Å². The highest BCUT2D eigenvalue weighted by atomic mass is 32.2. The van der Waals surface area contributed by atoms with E-state index >= 15 is 0 Å². The first kappa shape index (κ1) is 35.3. The molecule has 0 aliphatic carbocycles. The van der Waals surface area contributed by atoms with Crippen LogP contribution < -0.4 is 16.4 Å². The summed E-state index contributed by atoms with van der Waals surface area (Å²) < 4.78 is 89.5. The molecule has 240 valence electrons. The third kappa shape index (κ3) is 12.8. The maximum Gasteiger partial charge on any atom is 0.425 e. The van der Waals surface area contributed by atoms with Crippen molar-refractivity contribution in [3.63, 3.8) is 0 Å². The molecule has 45 heavy (non-hydrogen) atoms. The average molecular weight is 697 g/mol. The number of nitrogens with one attached hydrogen (secondary N) is 2. The first-order chi connectivity index (χ1) is 21.2. The van der Waals surface area contributed by atoms with E-state index in [1.807, 2.05) is 30.3 Å². The van der Waals surface area contributed by atoms with Gasteiger partial charge in [-0.2, -0.15) is 31.8 Å². The van der Waals surface area contributed by atoms with Crippen LogP contribution in [-0.4, -0.2) is 65.0 Å². The van der Waals surface area contributed by atoms with Crippen molar-refractivity contribution in [2.75, 3.05) is 27.9 Å². The first-order valence-electron chi connectivity index (χ1n) is 12.8. The Kier molecular flexibility index (Phi) is 12.8. The van der Waals surface area contributed by atoms with Crippen LogP contribution in [0.15, 0.2) is 82.6 Å². The summed E-state index contributed by atoms with van der Waals surface area (Å²) in [5.41, 5.74) is 8.55. The Labute approximate surface area is 265 Å².